The van der Waals surface area contributed by atoms with Crippen molar-refractivity contribution in [3.63, 3.8) is 0 Å². The molecule has 0 heterocycles. The van der Waals surface area contributed by atoms with Gasteiger partial charge in [0.05, 0.1) is 0 Å². The van der Waals surface area contributed by atoms with E-state index in [9.17, 15) is 13.2 Å². The van der Waals surface area contributed by atoms with Gasteiger partial charge in [-0.2, -0.15) is 0 Å². The van der Waals surface area contributed by atoms with E-state index in [1.807, 2.05) is 6.08 Å². The van der Waals surface area contributed by atoms with Crippen LogP contribution in [0.4, 0.5) is 13.2 Å². The van der Waals surface area contributed by atoms with E-state index in [2.05, 4.69) is 26.0 Å². The van der Waals surface area contributed by atoms with Gasteiger partial charge in [-0.3, -0.25) is 0 Å². The molecule has 0 nitrogen and oxygen atoms in total. The predicted molar refractivity (Wildman–Crippen MR) is 86.2 cm³/mol. The van der Waals surface area contributed by atoms with Crippen molar-refractivity contribution in [1.29, 1.82) is 0 Å². The van der Waals surface area contributed by atoms with E-state index in [-0.39, 0.29) is 0 Å². The Kier molecular flexibility index (Phi) is 10.7. The van der Waals surface area contributed by atoms with Crippen LogP contribution in [0, 0.1) is 12.3 Å². The first kappa shape index (κ1) is 21.9. The highest BCUT2D eigenvalue weighted by Gasteiger charge is 2.42. The van der Waals surface area contributed by atoms with E-state index >= 15 is 0 Å². The van der Waals surface area contributed by atoms with Crippen molar-refractivity contribution in [2.45, 2.75) is 65.0 Å². The predicted octanol–water partition coefficient (Wildman–Crippen LogP) is 6.26. The highest BCUT2D eigenvalue weighted by molar-refractivity contribution is 5.43. The topological polar surface area (TPSA) is 0 Å². The quantitative estimate of drug-likeness (QED) is 0.296. The van der Waals surface area contributed by atoms with Gasteiger partial charge in [-0.1, -0.05) is 51.0 Å². The van der Waals surface area contributed by atoms with Gasteiger partial charge in [0.15, 0.2) is 5.67 Å². The molecule has 120 valence electrons. The number of halogens is 3. The van der Waals surface area contributed by atoms with Crippen molar-refractivity contribution >= 4 is 0 Å². The molecule has 0 saturated heterocycles. The zero-order valence-electron chi connectivity index (χ0n) is 13.6. The van der Waals surface area contributed by atoms with Crippen LogP contribution in [0.3, 0.4) is 0 Å². The molecule has 0 aliphatic carbocycles. The molecular weight excluding hydrogens is 273 g/mol. The van der Waals surface area contributed by atoms with Crippen molar-refractivity contribution in [3.05, 3.63) is 36.5 Å². The number of hydrogen-bond donors (Lipinski definition) is 0. The monoisotopic (exact) mass is 300 g/mol. The van der Waals surface area contributed by atoms with Crippen LogP contribution in [-0.4, -0.2) is 11.6 Å². The van der Waals surface area contributed by atoms with Crippen molar-refractivity contribution in [1.82, 2.24) is 0 Å². The SMILES string of the molecule is C#C/C(C=C)=C(\C=C)CCCCC.CC(C)(F)C(C)(F)F. The van der Waals surface area contributed by atoms with Crippen molar-refractivity contribution in [2.24, 2.45) is 0 Å². The third-order valence-corrected chi connectivity index (χ3v) is 3.05. The van der Waals surface area contributed by atoms with Gasteiger partial charge in [0.1, 0.15) is 0 Å². The van der Waals surface area contributed by atoms with Gasteiger partial charge in [0.25, 0.3) is 5.92 Å². The fourth-order valence-electron chi connectivity index (χ4n) is 1.19. The number of terminal acetylenes is 1. The molecule has 0 aromatic heterocycles. The lowest BCUT2D eigenvalue weighted by molar-refractivity contribution is -0.104. The summed E-state index contributed by atoms with van der Waals surface area (Å²) in [6, 6.07) is 0. The number of allylic oxidation sites excluding steroid dienone is 4. The van der Waals surface area contributed by atoms with E-state index < -0.39 is 11.6 Å². The molecule has 0 aromatic carbocycles. The Morgan fingerprint density at radius 3 is 1.81 bits per heavy atom. The summed E-state index contributed by atoms with van der Waals surface area (Å²) in [7, 11) is 0. The zero-order chi connectivity index (χ0) is 17.1. The minimum absolute atomic E-state index is 0.562. The molecule has 0 atom stereocenters. The number of alkyl halides is 3. The Labute approximate surface area is 127 Å². The second-order valence-electron chi connectivity index (χ2n) is 5.31. The lowest BCUT2D eigenvalue weighted by atomic mass is 10.0. The van der Waals surface area contributed by atoms with Crippen molar-refractivity contribution < 1.29 is 13.2 Å². The van der Waals surface area contributed by atoms with E-state index in [0.717, 1.165) is 31.4 Å². The van der Waals surface area contributed by atoms with Crippen molar-refractivity contribution in [2.75, 3.05) is 0 Å². The fraction of sp³-hybridized carbons (Fsp3) is 0.556. The first-order valence-corrected chi connectivity index (χ1v) is 7.06. The molecule has 0 aromatic rings. The minimum Gasteiger partial charge on any atom is -0.238 e. The zero-order valence-corrected chi connectivity index (χ0v) is 13.6. The molecule has 0 rings (SSSR count). The lowest BCUT2D eigenvalue weighted by Crippen LogP contribution is -2.35. The average molecular weight is 300 g/mol. The van der Waals surface area contributed by atoms with E-state index in [4.69, 9.17) is 6.42 Å². The summed E-state index contributed by atoms with van der Waals surface area (Å²) in [4.78, 5) is 0. The Balaban J connectivity index is 0. The molecule has 21 heavy (non-hydrogen) atoms. The van der Waals surface area contributed by atoms with E-state index in [1.54, 1.807) is 6.08 Å². The summed E-state index contributed by atoms with van der Waals surface area (Å²) < 4.78 is 35.9. The van der Waals surface area contributed by atoms with Crippen LogP contribution in [0.5, 0.6) is 0 Å². The summed E-state index contributed by atoms with van der Waals surface area (Å²) in [5, 5.41) is 0. The first-order chi connectivity index (χ1) is 9.54. The van der Waals surface area contributed by atoms with Crippen LogP contribution >= 0.6 is 0 Å². The summed E-state index contributed by atoms with van der Waals surface area (Å²) >= 11 is 0. The lowest BCUT2D eigenvalue weighted by Gasteiger charge is -2.21. The van der Waals surface area contributed by atoms with Crippen LogP contribution in [0.25, 0.3) is 0 Å². The maximum absolute atomic E-state index is 12.1. The van der Waals surface area contributed by atoms with E-state index in [0.29, 0.717) is 6.92 Å². The Morgan fingerprint density at radius 2 is 1.57 bits per heavy atom. The summed E-state index contributed by atoms with van der Waals surface area (Å²) in [6.45, 7) is 11.9. The van der Waals surface area contributed by atoms with Gasteiger partial charge in [-0.05, 0) is 32.3 Å². The molecule has 3 heteroatoms. The first-order valence-electron chi connectivity index (χ1n) is 7.06. The Morgan fingerprint density at radius 1 is 1.10 bits per heavy atom. The molecule has 0 N–H and O–H groups in total. The molecule has 0 unspecified atom stereocenters. The molecular formula is C18H27F3. The molecule has 0 aliphatic rings. The average Bonchev–Trinajstić information content (AvgIpc) is 2.36. The van der Waals surface area contributed by atoms with Gasteiger partial charge < -0.3 is 0 Å². The molecule has 0 radical (unpaired) electrons. The number of unbranched alkanes of at least 4 members (excludes halogenated alkanes) is 2. The molecule has 0 bridgehead atoms. The number of rotatable bonds is 7. The molecule has 0 fully saturated rings. The van der Waals surface area contributed by atoms with Gasteiger partial charge in [-0.25, -0.2) is 13.2 Å². The van der Waals surface area contributed by atoms with Crippen molar-refractivity contribution in [3.8, 4) is 12.3 Å². The molecule has 0 spiro atoms. The van der Waals surface area contributed by atoms with Crippen LogP contribution in [0.15, 0.2) is 36.5 Å². The van der Waals surface area contributed by atoms with Gasteiger partial charge in [-0.15, -0.1) is 6.42 Å². The summed E-state index contributed by atoms with van der Waals surface area (Å²) in [5.41, 5.74) is -0.371. The number of hydrogen-bond acceptors (Lipinski definition) is 0. The van der Waals surface area contributed by atoms with Crippen LogP contribution in [0.1, 0.15) is 53.4 Å². The summed E-state index contributed by atoms with van der Waals surface area (Å²) in [6.07, 6.45) is 13.6. The second-order valence-corrected chi connectivity index (χ2v) is 5.31. The van der Waals surface area contributed by atoms with Gasteiger partial charge in [0.2, 0.25) is 0 Å². The highest BCUT2D eigenvalue weighted by atomic mass is 19.3. The Hall–Kier alpha value is -1.43. The molecule has 0 saturated carbocycles. The third kappa shape index (κ3) is 10.0. The third-order valence-electron chi connectivity index (χ3n) is 3.05. The van der Waals surface area contributed by atoms with E-state index in [1.165, 1.54) is 19.3 Å². The highest BCUT2D eigenvalue weighted by Crippen LogP contribution is 2.30. The minimum atomic E-state index is -3.23. The van der Waals surface area contributed by atoms with Gasteiger partial charge in [0, 0.05) is 12.5 Å². The van der Waals surface area contributed by atoms with Crippen LogP contribution in [0.2, 0.25) is 0 Å². The normalized spacial score (nSPS) is 12.5. The smallest absolute Gasteiger partial charge is 0.238 e. The maximum Gasteiger partial charge on any atom is 0.278 e. The molecule has 0 aliphatic heterocycles. The summed E-state index contributed by atoms with van der Waals surface area (Å²) in [5.74, 6) is -0.609. The standard InChI is InChI=1S/C13H18.C5H9F3/c1-5-9-10-11-13(8-4)12(6-2)7-3;1-4(2,6)5(3,7)8/h2,7-8H,3-5,9-11H2,1H3;1-3H3/b13-12-;. The largest absolute Gasteiger partial charge is 0.278 e. The Bertz CT molecular complexity index is 372. The van der Waals surface area contributed by atoms with Gasteiger partial charge >= 0.3 is 0 Å². The van der Waals surface area contributed by atoms with Crippen LogP contribution < -0.4 is 0 Å². The maximum atomic E-state index is 12.1. The second kappa shape index (κ2) is 10.3. The molecule has 0 amide bonds. The fourth-order valence-corrected chi connectivity index (χ4v) is 1.19. The van der Waals surface area contributed by atoms with Crippen LogP contribution in [-0.2, 0) is 0 Å².